The molecule has 0 radical (unpaired) electrons. The highest BCUT2D eigenvalue weighted by Crippen LogP contribution is 2.21. The van der Waals surface area contributed by atoms with E-state index < -0.39 is 0 Å². The monoisotopic (exact) mass is 390 g/mol. The van der Waals surface area contributed by atoms with Crippen molar-refractivity contribution >= 4 is 21.9 Å². The summed E-state index contributed by atoms with van der Waals surface area (Å²) in [7, 11) is 0. The fourth-order valence-electron chi connectivity index (χ4n) is 2.44. The van der Waals surface area contributed by atoms with Gasteiger partial charge in [-0.25, -0.2) is 0 Å². The van der Waals surface area contributed by atoms with Gasteiger partial charge in [-0.15, -0.1) is 0 Å². The molecule has 4 heteroatoms. The molecule has 0 bridgehead atoms. The zero-order valence-electron chi connectivity index (χ0n) is 14.4. The Morgan fingerprint density at radius 2 is 1.88 bits per heavy atom. The van der Waals surface area contributed by atoms with E-state index in [9.17, 15) is 4.79 Å². The summed E-state index contributed by atoms with van der Waals surface area (Å²) in [5, 5.41) is 0.931. The molecule has 3 rings (SSSR count). The first-order valence-electron chi connectivity index (χ1n) is 7.93. The SMILES string of the molecule is BrCc1ccc2c(c1)COC2.CC(=O)OCc1cc(C)ccc1C. The van der Waals surface area contributed by atoms with Crippen molar-refractivity contribution in [2.24, 2.45) is 0 Å². The molecule has 24 heavy (non-hydrogen) atoms. The molecule has 2 aromatic rings. The summed E-state index contributed by atoms with van der Waals surface area (Å²) < 4.78 is 10.2. The highest BCUT2D eigenvalue weighted by Gasteiger charge is 2.10. The predicted molar refractivity (Wildman–Crippen MR) is 99.0 cm³/mol. The molecule has 0 spiro atoms. The van der Waals surface area contributed by atoms with E-state index in [1.807, 2.05) is 32.0 Å². The third kappa shape index (κ3) is 5.46. The van der Waals surface area contributed by atoms with Gasteiger partial charge in [-0.2, -0.15) is 0 Å². The van der Waals surface area contributed by atoms with E-state index in [0.29, 0.717) is 6.61 Å². The summed E-state index contributed by atoms with van der Waals surface area (Å²) in [4.78, 5) is 10.6. The number of ether oxygens (including phenoxy) is 2. The zero-order chi connectivity index (χ0) is 17.5. The molecule has 2 aromatic carbocycles. The van der Waals surface area contributed by atoms with Crippen LogP contribution in [-0.4, -0.2) is 5.97 Å². The van der Waals surface area contributed by atoms with Crippen LogP contribution < -0.4 is 0 Å². The minimum Gasteiger partial charge on any atom is -0.461 e. The molecule has 3 nitrogen and oxygen atoms in total. The molecule has 0 saturated heterocycles. The molecule has 128 valence electrons. The molecule has 0 N–H and O–H groups in total. The van der Waals surface area contributed by atoms with E-state index in [1.54, 1.807) is 0 Å². The number of aryl methyl sites for hydroxylation is 2. The van der Waals surface area contributed by atoms with Gasteiger partial charge < -0.3 is 9.47 Å². The lowest BCUT2D eigenvalue weighted by molar-refractivity contribution is -0.142. The minimum absolute atomic E-state index is 0.235. The van der Waals surface area contributed by atoms with Crippen molar-refractivity contribution in [3.8, 4) is 0 Å². The highest BCUT2D eigenvalue weighted by molar-refractivity contribution is 9.08. The topological polar surface area (TPSA) is 35.5 Å². The van der Waals surface area contributed by atoms with E-state index in [-0.39, 0.29) is 5.97 Å². The zero-order valence-corrected chi connectivity index (χ0v) is 16.0. The van der Waals surface area contributed by atoms with Crippen LogP contribution >= 0.6 is 15.9 Å². The van der Waals surface area contributed by atoms with Gasteiger partial charge in [0, 0.05) is 12.3 Å². The van der Waals surface area contributed by atoms with Gasteiger partial charge in [0.1, 0.15) is 6.61 Å². The fourth-order valence-corrected chi connectivity index (χ4v) is 2.79. The lowest BCUT2D eigenvalue weighted by atomic mass is 10.1. The Balaban J connectivity index is 0.000000175. The van der Waals surface area contributed by atoms with Crippen LogP contribution in [0.25, 0.3) is 0 Å². The first-order valence-corrected chi connectivity index (χ1v) is 9.05. The van der Waals surface area contributed by atoms with E-state index >= 15 is 0 Å². The number of carbonyl (C=O) groups is 1. The Morgan fingerprint density at radius 1 is 1.12 bits per heavy atom. The molecular weight excluding hydrogens is 368 g/mol. The van der Waals surface area contributed by atoms with E-state index in [0.717, 1.165) is 29.7 Å². The quantitative estimate of drug-likeness (QED) is 0.547. The third-order valence-corrected chi connectivity index (χ3v) is 4.52. The molecule has 0 amide bonds. The molecule has 0 aromatic heterocycles. The van der Waals surface area contributed by atoms with Gasteiger partial charge in [0.25, 0.3) is 0 Å². The predicted octanol–water partition coefficient (Wildman–Crippen LogP) is 4.98. The largest absolute Gasteiger partial charge is 0.461 e. The number of hydrogen-bond acceptors (Lipinski definition) is 3. The molecular formula is C20H23BrO3. The van der Waals surface area contributed by atoms with Crippen molar-refractivity contribution in [1.82, 2.24) is 0 Å². The molecule has 1 aliphatic rings. The van der Waals surface area contributed by atoms with E-state index in [2.05, 4.69) is 34.1 Å². The van der Waals surface area contributed by atoms with Crippen LogP contribution in [0.1, 0.15) is 40.3 Å². The first-order chi connectivity index (χ1) is 11.5. The maximum atomic E-state index is 10.6. The Labute approximate surface area is 152 Å². The summed E-state index contributed by atoms with van der Waals surface area (Å²) in [5.74, 6) is -0.235. The van der Waals surface area contributed by atoms with Crippen LogP contribution in [0.4, 0.5) is 0 Å². The van der Waals surface area contributed by atoms with Crippen LogP contribution in [0.2, 0.25) is 0 Å². The second-order valence-corrected chi connectivity index (χ2v) is 6.50. The van der Waals surface area contributed by atoms with Crippen molar-refractivity contribution < 1.29 is 14.3 Å². The maximum Gasteiger partial charge on any atom is 0.302 e. The van der Waals surface area contributed by atoms with Gasteiger partial charge in [-0.1, -0.05) is 57.9 Å². The van der Waals surface area contributed by atoms with Gasteiger partial charge in [0.2, 0.25) is 0 Å². The third-order valence-electron chi connectivity index (χ3n) is 3.88. The lowest BCUT2D eigenvalue weighted by Crippen LogP contribution is -2.00. The molecule has 1 aliphatic heterocycles. The van der Waals surface area contributed by atoms with Crippen LogP contribution in [-0.2, 0) is 39.4 Å². The number of esters is 1. The number of rotatable bonds is 3. The minimum atomic E-state index is -0.235. The molecule has 0 fully saturated rings. The number of fused-ring (bicyclic) bond motifs is 1. The molecule has 0 atom stereocenters. The molecule has 1 heterocycles. The number of halogens is 1. The lowest BCUT2D eigenvalue weighted by Gasteiger charge is -2.06. The van der Waals surface area contributed by atoms with Gasteiger partial charge in [0.15, 0.2) is 0 Å². The van der Waals surface area contributed by atoms with Crippen molar-refractivity contribution in [1.29, 1.82) is 0 Å². The summed E-state index contributed by atoms with van der Waals surface area (Å²) in [6.45, 7) is 7.41. The average Bonchev–Trinajstić information content (AvgIpc) is 3.03. The number of carbonyl (C=O) groups excluding carboxylic acids is 1. The smallest absolute Gasteiger partial charge is 0.302 e. The Kier molecular flexibility index (Phi) is 7.00. The second-order valence-electron chi connectivity index (χ2n) is 5.94. The summed E-state index contributed by atoms with van der Waals surface area (Å²) >= 11 is 3.42. The number of alkyl halides is 1. The normalized spacial score (nSPS) is 12.2. The van der Waals surface area contributed by atoms with Gasteiger partial charge in [-0.3, -0.25) is 4.79 Å². The number of benzene rings is 2. The first kappa shape index (κ1) is 18.7. The average molecular weight is 391 g/mol. The Morgan fingerprint density at radius 3 is 2.58 bits per heavy atom. The summed E-state index contributed by atoms with van der Waals surface area (Å²) in [5.41, 5.74) is 7.45. The van der Waals surface area contributed by atoms with Crippen LogP contribution in [0.3, 0.4) is 0 Å². The fraction of sp³-hybridized carbons (Fsp3) is 0.350. The van der Waals surface area contributed by atoms with Crippen LogP contribution in [0.5, 0.6) is 0 Å². The van der Waals surface area contributed by atoms with Gasteiger partial charge in [-0.05, 0) is 41.7 Å². The van der Waals surface area contributed by atoms with Gasteiger partial charge in [0.05, 0.1) is 13.2 Å². The highest BCUT2D eigenvalue weighted by atomic mass is 79.9. The Hall–Kier alpha value is -1.65. The summed E-state index contributed by atoms with van der Waals surface area (Å²) in [6.07, 6.45) is 0. The van der Waals surface area contributed by atoms with Crippen molar-refractivity contribution in [2.75, 3.05) is 0 Å². The number of hydrogen-bond donors (Lipinski definition) is 0. The standard InChI is InChI=1S/C11H14O2.C9H9BrO/c1-8-4-5-9(2)11(6-8)7-13-10(3)12;10-4-7-1-2-8-5-11-6-9(8)3-7/h4-6H,7H2,1-3H3;1-3H,4-6H2. The van der Waals surface area contributed by atoms with Crippen LogP contribution in [0, 0.1) is 13.8 Å². The van der Waals surface area contributed by atoms with Gasteiger partial charge >= 0.3 is 5.97 Å². The summed E-state index contributed by atoms with van der Waals surface area (Å²) in [6, 6.07) is 12.6. The van der Waals surface area contributed by atoms with Crippen molar-refractivity contribution in [3.63, 3.8) is 0 Å². The van der Waals surface area contributed by atoms with E-state index in [1.165, 1.54) is 29.2 Å². The molecule has 0 saturated carbocycles. The van der Waals surface area contributed by atoms with E-state index in [4.69, 9.17) is 9.47 Å². The second kappa shape index (κ2) is 9.00. The maximum absolute atomic E-state index is 10.6. The van der Waals surface area contributed by atoms with Crippen LogP contribution in [0.15, 0.2) is 36.4 Å². The van der Waals surface area contributed by atoms with Crippen molar-refractivity contribution in [2.45, 2.75) is 45.9 Å². The molecule has 0 aliphatic carbocycles. The van der Waals surface area contributed by atoms with Crippen molar-refractivity contribution in [3.05, 3.63) is 69.8 Å². The Bertz CT molecular complexity index is 710. The molecule has 0 unspecified atom stereocenters.